The predicted octanol–water partition coefficient (Wildman–Crippen LogP) is 8.21. The molecular weight excluding hydrogens is 710 g/mol. The molecule has 0 fully saturated rings. The minimum absolute atomic E-state index is 0.181. The quantitative estimate of drug-likeness (QED) is 0.124. The van der Waals surface area contributed by atoms with Crippen molar-refractivity contribution in [2.45, 2.75) is 6.61 Å². The highest BCUT2D eigenvalue weighted by Gasteiger charge is 2.13. The first-order chi connectivity index (χ1) is 15.8. The van der Waals surface area contributed by atoms with Crippen LogP contribution < -0.4 is 10.2 Å². The molecule has 3 aromatic carbocycles. The zero-order valence-corrected chi connectivity index (χ0v) is 23.4. The molecule has 1 N–H and O–H groups in total. The van der Waals surface area contributed by atoms with Gasteiger partial charge in [0.15, 0.2) is 5.76 Å². The first-order valence-corrected chi connectivity index (χ1v) is 12.8. The van der Waals surface area contributed by atoms with Crippen molar-refractivity contribution in [3.8, 4) is 5.75 Å². The fraction of sp³-hybridized carbons (Fsp3) is 0.0435. The van der Waals surface area contributed by atoms with E-state index in [1.165, 1.54) is 0 Å². The van der Waals surface area contributed by atoms with Gasteiger partial charge in [-0.1, -0.05) is 45.2 Å². The molecule has 0 aliphatic rings. The standard InChI is InChI=1S/C23H13Br2Cl2IN2O3/c24-15-2-4-20-14(7-15)8-21(33-20)23(31)30-29-10-12-5-17(25)22(19(28)6-12)32-11-13-1-3-16(26)9-18(13)27/h1-10H,11H2,(H,30,31)/b29-10+. The van der Waals surface area contributed by atoms with Crippen LogP contribution in [-0.4, -0.2) is 12.1 Å². The van der Waals surface area contributed by atoms with Crippen molar-refractivity contribution in [1.82, 2.24) is 5.43 Å². The van der Waals surface area contributed by atoms with Crippen LogP contribution in [0.1, 0.15) is 21.7 Å². The Morgan fingerprint density at radius 1 is 1.12 bits per heavy atom. The number of furan rings is 1. The molecule has 0 unspecified atom stereocenters. The SMILES string of the molecule is O=C(N/N=C/c1cc(Br)c(OCc2ccc(Cl)cc2Cl)c(I)c1)c1cc2cc(Br)ccc2o1. The molecule has 0 aliphatic carbocycles. The summed E-state index contributed by atoms with van der Waals surface area (Å²) in [5.41, 5.74) is 4.71. The maximum atomic E-state index is 12.4. The molecular formula is C23H13Br2Cl2IN2O3. The molecule has 1 aromatic heterocycles. The fourth-order valence-electron chi connectivity index (χ4n) is 2.93. The van der Waals surface area contributed by atoms with E-state index in [-0.39, 0.29) is 5.76 Å². The molecule has 0 atom stereocenters. The number of rotatable bonds is 6. The first-order valence-electron chi connectivity index (χ1n) is 9.38. The number of ether oxygens (including phenoxy) is 1. The van der Waals surface area contributed by atoms with E-state index in [1.807, 2.05) is 30.3 Å². The van der Waals surface area contributed by atoms with Crippen LogP contribution in [0.3, 0.4) is 0 Å². The lowest BCUT2D eigenvalue weighted by atomic mass is 10.2. The second-order valence-electron chi connectivity index (χ2n) is 6.83. The maximum absolute atomic E-state index is 12.4. The Morgan fingerprint density at radius 3 is 2.70 bits per heavy atom. The highest BCUT2D eigenvalue weighted by atomic mass is 127. The van der Waals surface area contributed by atoms with Gasteiger partial charge in [0.05, 0.1) is 14.3 Å². The highest BCUT2D eigenvalue weighted by molar-refractivity contribution is 14.1. The number of carbonyl (C=O) groups excluding carboxylic acids is 1. The number of amides is 1. The molecule has 168 valence electrons. The summed E-state index contributed by atoms with van der Waals surface area (Å²) in [7, 11) is 0. The van der Waals surface area contributed by atoms with Crippen molar-refractivity contribution >= 4 is 101 Å². The van der Waals surface area contributed by atoms with Gasteiger partial charge in [-0.15, -0.1) is 0 Å². The summed E-state index contributed by atoms with van der Waals surface area (Å²) in [6.07, 6.45) is 1.55. The van der Waals surface area contributed by atoms with Crippen LogP contribution in [0.25, 0.3) is 11.0 Å². The summed E-state index contributed by atoms with van der Waals surface area (Å²) in [5, 5.41) is 5.99. The van der Waals surface area contributed by atoms with E-state index in [0.717, 1.165) is 29.0 Å². The van der Waals surface area contributed by atoms with Crippen molar-refractivity contribution in [3.63, 3.8) is 0 Å². The van der Waals surface area contributed by atoms with Crippen LogP contribution in [0.15, 0.2) is 73.1 Å². The van der Waals surface area contributed by atoms with E-state index < -0.39 is 5.91 Å². The number of fused-ring (bicyclic) bond motifs is 1. The van der Waals surface area contributed by atoms with Gasteiger partial charge in [-0.25, -0.2) is 5.43 Å². The maximum Gasteiger partial charge on any atom is 0.307 e. The summed E-state index contributed by atoms with van der Waals surface area (Å²) in [6.45, 7) is 0.294. The predicted molar refractivity (Wildman–Crippen MR) is 147 cm³/mol. The van der Waals surface area contributed by atoms with Crippen molar-refractivity contribution < 1.29 is 13.9 Å². The van der Waals surface area contributed by atoms with Gasteiger partial charge in [-0.2, -0.15) is 5.10 Å². The smallest absolute Gasteiger partial charge is 0.307 e. The Hall–Kier alpha value is -1.59. The molecule has 0 saturated heterocycles. The monoisotopic (exact) mass is 720 g/mol. The summed E-state index contributed by atoms with van der Waals surface area (Å²) >= 11 is 21.3. The lowest BCUT2D eigenvalue weighted by molar-refractivity contribution is 0.0929. The van der Waals surface area contributed by atoms with Crippen LogP contribution in [0.4, 0.5) is 0 Å². The summed E-state index contributed by atoms with van der Waals surface area (Å²) in [4.78, 5) is 12.4. The number of benzene rings is 3. The van der Waals surface area contributed by atoms with Crippen molar-refractivity contribution in [2.24, 2.45) is 5.10 Å². The van der Waals surface area contributed by atoms with Gasteiger partial charge in [0.25, 0.3) is 0 Å². The second kappa shape index (κ2) is 10.8. The Bertz CT molecular complexity index is 1370. The van der Waals surface area contributed by atoms with Crippen molar-refractivity contribution in [3.05, 3.63) is 94.0 Å². The van der Waals surface area contributed by atoms with Gasteiger partial charge >= 0.3 is 5.91 Å². The minimum atomic E-state index is -0.438. The van der Waals surface area contributed by atoms with E-state index >= 15 is 0 Å². The number of halogens is 5. The molecule has 0 bridgehead atoms. The lowest BCUT2D eigenvalue weighted by Crippen LogP contribution is -2.16. The second-order valence-corrected chi connectivity index (χ2v) is 10.6. The van der Waals surface area contributed by atoms with Crippen LogP contribution in [0.2, 0.25) is 10.0 Å². The average Bonchev–Trinajstić information content (AvgIpc) is 3.18. The molecule has 0 spiro atoms. The van der Waals surface area contributed by atoms with E-state index in [9.17, 15) is 4.79 Å². The number of nitrogens with one attached hydrogen (secondary N) is 1. The van der Waals surface area contributed by atoms with Gasteiger partial charge in [-0.3, -0.25) is 4.79 Å². The minimum Gasteiger partial charge on any atom is -0.487 e. The topological polar surface area (TPSA) is 63.8 Å². The third-order valence-corrected chi connectivity index (χ3v) is 6.96. The molecule has 33 heavy (non-hydrogen) atoms. The van der Waals surface area contributed by atoms with Crippen LogP contribution in [0.5, 0.6) is 5.75 Å². The van der Waals surface area contributed by atoms with Crippen LogP contribution in [0, 0.1) is 3.57 Å². The highest BCUT2D eigenvalue weighted by Crippen LogP contribution is 2.33. The molecule has 10 heteroatoms. The summed E-state index contributed by atoms with van der Waals surface area (Å²) in [5.74, 6) is 0.420. The molecule has 0 radical (unpaired) electrons. The zero-order chi connectivity index (χ0) is 23.5. The van der Waals surface area contributed by atoms with Crippen molar-refractivity contribution in [1.29, 1.82) is 0 Å². The number of nitrogens with zero attached hydrogens (tertiary/aromatic N) is 1. The van der Waals surface area contributed by atoms with E-state index in [2.05, 4.69) is 65.0 Å². The third-order valence-electron chi connectivity index (χ3n) is 4.49. The number of hydrogen-bond acceptors (Lipinski definition) is 4. The molecule has 5 nitrogen and oxygen atoms in total. The van der Waals surface area contributed by atoms with Gasteiger partial charge in [0.2, 0.25) is 0 Å². The molecule has 0 aliphatic heterocycles. The average molecular weight is 723 g/mol. The molecule has 4 aromatic rings. The summed E-state index contributed by atoms with van der Waals surface area (Å²) in [6, 6.07) is 16.2. The van der Waals surface area contributed by atoms with E-state index in [0.29, 0.717) is 28.0 Å². The normalized spacial score (nSPS) is 11.3. The van der Waals surface area contributed by atoms with E-state index in [4.69, 9.17) is 32.4 Å². The first kappa shape index (κ1) is 24.5. The Kier molecular flexibility index (Phi) is 8.01. The lowest BCUT2D eigenvalue weighted by Gasteiger charge is -2.12. The van der Waals surface area contributed by atoms with Gasteiger partial charge < -0.3 is 9.15 Å². The molecule has 1 amide bonds. The van der Waals surface area contributed by atoms with Crippen molar-refractivity contribution in [2.75, 3.05) is 0 Å². The Balaban J connectivity index is 1.42. The molecule has 1 heterocycles. The largest absolute Gasteiger partial charge is 0.487 e. The third kappa shape index (κ3) is 6.10. The van der Waals surface area contributed by atoms with Crippen LogP contribution >= 0.6 is 77.7 Å². The van der Waals surface area contributed by atoms with Gasteiger partial charge in [0, 0.05) is 25.5 Å². The number of hydrogen-bond donors (Lipinski definition) is 1. The van der Waals surface area contributed by atoms with Gasteiger partial charge in [0.1, 0.15) is 17.9 Å². The Labute approximate surface area is 229 Å². The molecule has 0 saturated carbocycles. The zero-order valence-electron chi connectivity index (χ0n) is 16.5. The van der Waals surface area contributed by atoms with E-state index in [1.54, 1.807) is 30.5 Å². The molecule has 4 rings (SSSR count). The fourth-order valence-corrected chi connectivity index (χ4v) is 5.54. The Morgan fingerprint density at radius 2 is 1.94 bits per heavy atom. The summed E-state index contributed by atoms with van der Waals surface area (Å²) < 4.78 is 14.0. The number of carbonyl (C=O) groups is 1. The van der Waals surface area contributed by atoms with Gasteiger partial charge in [-0.05, 0) is 92.6 Å². The number of hydrazone groups is 1. The van der Waals surface area contributed by atoms with Crippen LogP contribution in [-0.2, 0) is 6.61 Å².